The Kier molecular flexibility index (Phi) is 4.40. The SMILES string of the molecule is CCCCN(CC)c1cc2c(cc1C=O)CCC2. The Labute approximate surface area is 110 Å². The molecule has 1 aliphatic rings. The van der Waals surface area contributed by atoms with E-state index in [0.717, 1.165) is 37.0 Å². The van der Waals surface area contributed by atoms with Gasteiger partial charge < -0.3 is 4.90 Å². The summed E-state index contributed by atoms with van der Waals surface area (Å²) in [4.78, 5) is 13.6. The van der Waals surface area contributed by atoms with Crippen molar-refractivity contribution in [2.45, 2.75) is 46.0 Å². The minimum atomic E-state index is 0.869. The van der Waals surface area contributed by atoms with Crippen molar-refractivity contribution in [3.05, 3.63) is 28.8 Å². The van der Waals surface area contributed by atoms with Gasteiger partial charge in [0.25, 0.3) is 0 Å². The van der Waals surface area contributed by atoms with Crippen LogP contribution >= 0.6 is 0 Å². The molecular weight excluding hydrogens is 222 g/mol. The van der Waals surface area contributed by atoms with E-state index in [9.17, 15) is 4.79 Å². The Morgan fingerprint density at radius 2 is 1.94 bits per heavy atom. The van der Waals surface area contributed by atoms with Crippen LogP contribution in [0.2, 0.25) is 0 Å². The van der Waals surface area contributed by atoms with Crippen molar-refractivity contribution in [3.63, 3.8) is 0 Å². The first-order valence-electron chi connectivity index (χ1n) is 7.16. The van der Waals surface area contributed by atoms with E-state index < -0.39 is 0 Å². The zero-order valence-electron chi connectivity index (χ0n) is 11.5. The Bertz CT molecular complexity index is 425. The molecule has 98 valence electrons. The summed E-state index contributed by atoms with van der Waals surface area (Å²) in [5, 5.41) is 0. The van der Waals surface area contributed by atoms with Gasteiger partial charge in [-0.1, -0.05) is 13.3 Å². The van der Waals surface area contributed by atoms with Crippen molar-refractivity contribution >= 4 is 12.0 Å². The molecule has 0 heterocycles. The molecule has 0 aliphatic heterocycles. The third kappa shape index (κ3) is 2.58. The van der Waals surface area contributed by atoms with Crippen LogP contribution in [0.5, 0.6) is 0 Å². The van der Waals surface area contributed by atoms with Crippen LogP contribution < -0.4 is 4.90 Å². The number of aldehydes is 1. The summed E-state index contributed by atoms with van der Waals surface area (Å²) >= 11 is 0. The van der Waals surface area contributed by atoms with Gasteiger partial charge in [-0.05, 0) is 55.9 Å². The largest absolute Gasteiger partial charge is 0.371 e. The maximum Gasteiger partial charge on any atom is 0.152 e. The zero-order valence-corrected chi connectivity index (χ0v) is 11.5. The summed E-state index contributed by atoms with van der Waals surface area (Å²) < 4.78 is 0. The number of hydrogen-bond acceptors (Lipinski definition) is 2. The highest BCUT2D eigenvalue weighted by Gasteiger charge is 2.17. The van der Waals surface area contributed by atoms with Crippen molar-refractivity contribution in [2.75, 3.05) is 18.0 Å². The maximum atomic E-state index is 11.3. The molecule has 2 nitrogen and oxygen atoms in total. The van der Waals surface area contributed by atoms with Crippen molar-refractivity contribution in [1.82, 2.24) is 0 Å². The summed E-state index contributed by atoms with van der Waals surface area (Å²) in [6, 6.07) is 4.37. The van der Waals surface area contributed by atoms with Crippen molar-refractivity contribution in [2.24, 2.45) is 0 Å². The number of nitrogens with zero attached hydrogens (tertiary/aromatic N) is 1. The van der Waals surface area contributed by atoms with Crippen LogP contribution in [0, 0.1) is 0 Å². The standard InChI is InChI=1S/C16H23NO/c1-3-5-9-17(4-2)16-11-14-8-6-7-13(14)10-15(16)12-18/h10-12H,3-9H2,1-2H3. The lowest BCUT2D eigenvalue weighted by molar-refractivity contribution is 0.112. The van der Waals surface area contributed by atoms with Gasteiger partial charge in [-0.15, -0.1) is 0 Å². The molecule has 0 saturated carbocycles. The lowest BCUT2D eigenvalue weighted by Crippen LogP contribution is -2.25. The highest BCUT2D eigenvalue weighted by atomic mass is 16.1. The minimum absolute atomic E-state index is 0.869. The number of aryl methyl sites for hydroxylation is 2. The summed E-state index contributed by atoms with van der Waals surface area (Å²) in [6.45, 7) is 6.39. The Morgan fingerprint density at radius 1 is 1.22 bits per heavy atom. The van der Waals surface area contributed by atoms with E-state index in [1.54, 1.807) is 0 Å². The Balaban J connectivity index is 2.32. The molecule has 0 atom stereocenters. The molecule has 0 amide bonds. The van der Waals surface area contributed by atoms with Gasteiger partial charge in [0.15, 0.2) is 6.29 Å². The molecule has 0 N–H and O–H groups in total. The number of carbonyl (C=O) groups excluding carboxylic acids is 1. The van der Waals surface area contributed by atoms with Gasteiger partial charge in [-0.3, -0.25) is 4.79 Å². The molecule has 1 aromatic rings. The average molecular weight is 245 g/mol. The van der Waals surface area contributed by atoms with Gasteiger partial charge >= 0.3 is 0 Å². The number of anilines is 1. The van der Waals surface area contributed by atoms with Crippen LogP contribution in [0.3, 0.4) is 0 Å². The van der Waals surface area contributed by atoms with E-state index in [0.29, 0.717) is 0 Å². The zero-order chi connectivity index (χ0) is 13.0. The normalized spacial score (nSPS) is 13.4. The summed E-state index contributed by atoms with van der Waals surface area (Å²) in [5.74, 6) is 0. The number of unbranched alkanes of at least 4 members (excludes halogenated alkanes) is 1. The second-order valence-electron chi connectivity index (χ2n) is 5.08. The summed E-state index contributed by atoms with van der Waals surface area (Å²) in [5.41, 5.74) is 4.84. The van der Waals surface area contributed by atoms with E-state index in [-0.39, 0.29) is 0 Å². The molecule has 18 heavy (non-hydrogen) atoms. The van der Waals surface area contributed by atoms with E-state index in [1.165, 1.54) is 36.8 Å². The summed E-state index contributed by atoms with van der Waals surface area (Å²) in [6.07, 6.45) is 6.94. The molecule has 2 rings (SSSR count). The molecule has 0 spiro atoms. The number of benzene rings is 1. The van der Waals surface area contributed by atoms with Gasteiger partial charge in [0.05, 0.1) is 0 Å². The first kappa shape index (κ1) is 13.1. The molecule has 1 aliphatic carbocycles. The molecular formula is C16H23NO. The van der Waals surface area contributed by atoms with Crippen molar-refractivity contribution < 1.29 is 4.79 Å². The van der Waals surface area contributed by atoms with Crippen LogP contribution in [0.4, 0.5) is 5.69 Å². The minimum Gasteiger partial charge on any atom is -0.371 e. The van der Waals surface area contributed by atoms with Gasteiger partial charge in [0.2, 0.25) is 0 Å². The fourth-order valence-electron chi connectivity index (χ4n) is 2.80. The first-order valence-corrected chi connectivity index (χ1v) is 7.16. The molecule has 0 bridgehead atoms. The third-order valence-electron chi connectivity index (χ3n) is 3.87. The lowest BCUT2D eigenvalue weighted by Gasteiger charge is -2.25. The predicted molar refractivity (Wildman–Crippen MR) is 76.6 cm³/mol. The van der Waals surface area contributed by atoms with Crippen LogP contribution in [-0.2, 0) is 12.8 Å². The molecule has 0 radical (unpaired) electrons. The highest BCUT2D eigenvalue weighted by Crippen LogP contribution is 2.30. The third-order valence-corrected chi connectivity index (χ3v) is 3.87. The number of carbonyl (C=O) groups is 1. The molecule has 0 saturated heterocycles. The lowest BCUT2D eigenvalue weighted by atomic mass is 10.0. The number of rotatable bonds is 6. The van der Waals surface area contributed by atoms with Crippen LogP contribution in [-0.4, -0.2) is 19.4 Å². The molecule has 1 aromatic carbocycles. The quantitative estimate of drug-likeness (QED) is 0.713. The van der Waals surface area contributed by atoms with E-state index in [4.69, 9.17) is 0 Å². The fourth-order valence-corrected chi connectivity index (χ4v) is 2.80. The van der Waals surface area contributed by atoms with Crippen molar-refractivity contribution in [1.29, 1.82) is 0 Å². The fraction of sp³-hybridized carbons (Fsp3) is 0.562. The molecule has 2 heteroatoms. The van der Waals surface area contributed by atoms with Crippen molar-refractivity contribution in [3.8, 4) is 0 Å². The smallest absolute Gasteiger partial charge is 0.152 e. The van der Waals surface area contributed by atoms with Gasteiger partial charge in [0.1, 0.15) is 0 Å². The average Bonchev–Trinajstić information content (AvgIpc) is 2.85. The van der Waals surface area contributed by atoms with Gasteiger partial charge in [-0.25, -0.2) is 0 Å². The number of fused-ring (bicyclic) bond motifs is 1. The first-order chi connectivity index (χ1) is 8.80. The number of hydrogen-bond donors (Lipinski definition) is 0. The maximum absolute atomic E-state index is 11.3. The molecule has 0 unspecified atom stereocenters. The summed E-state index contributed by atoms with van der Waals surface area (Å²) in [7, 11) is 0. The van der Waals surface area contributed by atoms with Crippen LogP contribution in [0.1, 0.15) is 54.6 Å². The highest BCUT2D eigenvalue weighted by molar-refractivity contribution is 5.85. The molecule has 0 aromatic heterocycles. The monoisotopic (exact) mass is 245 g/mol. The van der Waals surface area contributed by atoms with E-state index in [2.05, 4.69) is 30.9 Å². The Morgan fingerprint density at radius 3 is 2.56 bits per heavy atom. The van der Waals surface area contributed by atoms with E-state index in [1.807, 2.05) is 0 Å². The molecule has 0 fully saturated rings. The van der Waals surface area contributed by atoms with Gasteiger partial charge in [0, 0.05) is 24.3 Å². The van der Waals surface area contributed by atoms with Crippen LogP contribution in [0.25, 0.3) is 0 Å². The topological polar surface area (TPSA) is 20.3 Å². The van der Waals surface area contributed by atoms with Crippen LogP contribution in [0.15, 0.2) is 12.1 Å². The second-order valence-corrected chi connectivity index (χ2v) is 5.08. The van der Waals surface area contributed by atoms with E-state index >= 15 is 0 Å². The second kappa shape index (κ2) is 6.03. The predicted octanol–water partition coefficient (Wildman–Crippen LogP) is 3.61. The Hall–Kier alpha value is -1.31. The van der Waals surface area contributed by atoms with Gasteiger partial charge in [-0.2, -0.15) is 0 Å².